The van der Waals surface area contributed by atoms with E-state index in [4.69, 9.17) is 4.42 Å². The van der Waals surface area contributed by atoms with E-state index >= 15 is 0 Å². The average molecular weight is 340 g/mol. The zero-order valence-corrected chi connectivity index (χ0v) is 13.1. The van der Waals surface area contributed by atoms with Gasteiger partial charge in [-0.3, -0.25) is 9.47 Å². The lowest BCUT2D eigenvalue weighted by Crippen LogP contribution is -2.45. The smallest absolute Gasteiger partial charge is 0.408 e. The molecule has 1 saturated heterocycles. The van der Waals surface area contributed by atoms with Crippen molar-refractivity contribution >= 4 is 27.0 Å². The normalized spacial score (nSPS) is 17.9. The summed E-state index contributed by atoms with van der Waals surface area (Å²) >= 11 is 3.44. The number of aromatic nitrogens is 1. The van der Waals surface area contributed by atoms with E-state index in [1.54, 1.807) is 4.57 Å². The van der Waals surface area contributed by atoms with Gasteiger partial charge in [0.15, 0.2) is 5.58 Å². The molecule has 0 aliphatic carbocycles. The van der Waals surface area contributed by atoms with Crippen LogP contribution in [0.1, 0.15) is 0 Å². The summed E-state index contributed by atoms with van der Waals surface area (Å²) < 4.78 is 7.95. The molecule has 0 radical (unpaired) electrons. The maximum Gasteiger partial charge on any atom is 0.419 e. The van der Waals surface area contributed by atoms with Crippen LogP contribution in [0.2, 0.25) is 0 Å². The molecule has 0 atom stereocenters. The maximum absolute atomic E-state index is 11.9. The summed E-state index contributed by atoms with van der Waals surface area (Å²) in [5.41, 5.74) is 1.51. The van der Waals surface area contributed by atoms with E-state index in [0.717, 1.165) is 42.7 Å². The lowest BCUT2D eigenvalue weighted by molar-refractivity contribution is 0.149. The number of hydrogen-bond donors (Lipinski definition) is 0. The molecule has 3 rings (SSSR count). The highest BCUT2D eigenvalue weighted by molar-refractivity contribution is 9.10. The Kier molecular flexibility index (Phi) is 3.96. The van der Waals surface area contributed by atoms with Gasteiger partial charge in [-0.15, -0.1) is 0 Å². The minimum atomic E-state index is -0.271. The van der Waals surface area contributed by atoms with Gasteiger partial charge in [-0.2, -0.15) is 0 Å². The molecule has 0 saturated carbocycles. The third-order valence-corrected chi connectivity index (χ3v) is 4.36. The molecule has 1 aromatic heterocycles. The molecule has 0 spiro atoms. The largest absolute Gasteiger partial charge is 0.419 e. The molecule has 5 nitrogen and oxygen atoms in total. The van der Waals surface area contributed by atoms with Crippen molar-refractivity contribution in [2.45, 2.75) is 6.54 Å². The first-order chi connectivity index (χ1) is 9.63. The van der Waals surface area contributed by atoms with Crippen molar-refractivity contribution in [3.8, 4) is 0 Å². The first-order valence-corrected chi connectivity index (χ1v) is 7.62. The van der Waals surface area contributed by atoms with Gasteiger partial charge in [-0.05, 0) is 25.2 Å². The molecule has 1 fully saturated rings. The fourth-order valence-electron chi connectivity index (χ4n) is 2.56. The van der Waals surface area contributed by atoms with Gasteiger partial charge in [0.2, 0.25) is 0 Å². The Hall–Kier alpha value is -1.11. The lowest BCUT2D eigenvalue weighted by atomic mass is 10.3. The number of halogens is 1. The molecule has 20 heavy (non-hydrogen) atoms. The van der Waals surface area contributed by atoms with Crippen LogP contribution in [0.5, 0.6) is 0 Å². The fourth-order valence-corrected chi connectivity index (χ4v) is 2.91. The molecule has 0 bridgehead atoms. The maximum atomic E-state index is 11.9. The highest BCUT2D eigenvalue weighted by atomic mass is 79.9. The third kappa shape index (κ3) is 2.82. The molecule has 1 aliphatic rings. The summed E-state index contributed by atoms with van der Waals surface area (Å²) in [6.07, 6.45) is 0. The van der Waals surface area contributed by atoms with Gasteiger partial charge >= 0.3 is 5.76 Å². The standard InChI is InChI=1S/C14H18BrN3O2/c1-16-4-6-17(7-5-16)8-9-18-12-10-11(15)2-3-13(12)20-14(18)19/h2-3,10H,4-9H2,1H3. The van der Waals surface area contributed by atoms with Crippen LogP contribution in [0.15, 0.2) is 31.9 Å². The summed E-state index contributed by atoms with van der Waals surface area (Å²) in [6.45, 7) is 5.86. The number of nitrogens with zero attached hydrogens (tertiary/aromatic N) is 3. The van der Waals surface area contributed by atoms with Crippen LogP contribution in [-0.4, -0.2) is 54.1 Å². The average Bonchev–Trinajstić information content (AvgIpc) is 2.73. The van der Waals surface area contributed by atoms with Crippen LogP contribution < -0.4 is 5.76 Å². The highest BCUT2D eigenvalue weighted by Crippen LogP contribution is 2.18. The Morgan fingerprint density at radius 3 is 2.70 bits per heavy atom. The van der Waals surface area contributed by atoms with Crippen LogP contribution in [0.3, 0.4) is 0 Å². The predicted molar refractivity (Wildman–Crippen MR) is 82.1 cm³/mol. The van der Waals surface area contributed by atoms with E-state index in [2.05, 4.69) is 32.8 Å². The van der Waals surface area contributed by atoms with Crippen LogP contribution in [-0.2, 0) is 6.54 Å². The Morgan fingerprint density at radius 1 is 1.20 bits per heavy atom. The molecule has 1 aliphatic heterocycles. The number of hydrogen-bond acceptors (Lipinski definition) is 4. The number of likely N-dealkylation sites (N-methyl/N-ethyl adjacent to an activating group) is 1. The minimum absolute atomic E-state index is 0.271. The minimum Gasteiger partial charge on any atom is -0.408 e. The number of rotatable bonds is 3. The van der Waals surface area contributed by atoms with E-state index in [1.165, 1.54) is 0 Å². The molecule has 1 aromatic carbocycles. The van der Waals surface area contributed by atoms with Crippen LogP contribution in [0.4, 0.5) is 0 Å². The summed E-state index contributed by atoms with van der Waals surface area (Å²) in [5, 5.41) is 0. The van der Waals surface area contributed by atoms with Crippen LogP contribution in [0.25, 0.3) is 11.1 Å². The molecule has 0 N–H and O–H groups in total. The molecule has 0 unspecified atom stereocenters. The van der Waals surface area contributed by atoms with E-state index in [1.807, 2.05) is 18.2 Å². The van der Waals surface area contributed by atoms with Crippen LogP contribution in [0, 0.1) is 0 Å². The SMILES string of the molecule is CN1CCN(CCn2c(=O)oc3ccc(Br)cc32)CC1. The number of fused-ring (bicyclic) bond motifs is 1. The van der Waals surface area contributed by atoms with Crippen molar-refractivity contribution in [2.24, 2.45) is 0 Å². The molecular formula is C14H18BrN3O2. The van der Waals surface area contributed by atoms with Gasteiger partial charge in [-0.1, -0.05) is 15.9 Å². The molecule has 6 heteroatoms. The molecule has 0 amide bonds. The zero-order valence-electron chi connectivity index (χ0n) is 11.5. The van der Waals surface area contributed by atoms with Crippen molar-refractivity contribution in [1.82, 2.24) is 14.4 Å². The first kappa shape index (κ1) is 13.9. The highest BCUT2D eigenvalue weighted by Gasteiger charge is 2.15. The van der Waals surface area contributed by atoms with E-state index in [9.17, 15) is 4.79 Å². The van der Waals surface area contributed by atoms with Gasteiger partial charge in [0.25, 0.3) is 0 Å². The van der Waals surface area contributed by atoms with Gasteiger partial charge in [-0.25, -0.2) is 4.79 Å². The zero-order chi connectivity index (χ0) is 14.1. The third-order valence-electron chi connectivity index (χ3n) is 3.87. The van der Waals surface area contributed by atoms with E-state index in [0.29, 0.717) is 12.1 Å². The van der Waals surface area contributed by atoms with Crippen molar-refractivity contribution < 1.29 is 4.42 Å². The monoisotopic (exact) mass is 339 g/mol. The second-order valence-electron chi connectivity index (χ2n) is 5.28. The Bertz CT molecular complexity index is 656. The van der Waals surface area contributed by atoms with E-state index in [-0.39, 0.29) is 5.76 Å². The van der Waals surface area contributed by atoms with Gasteiger partial charge in [0.1, 0.15) is 0 Å². The van der Waals surface area contributed by atoms with Gasteiger partial charge in [0, 0.05) is 43.7 Å². The Labute approximate surface area is 125 Å². The quantitative estimate of drug-likeness (QED) is 0.851. The first-order valence-electron chi connectivity index (χ1n) is 6.83. The van der Waals surface area contributed by atoms with Gasteiger partial charge < -0.3 is 9.32 Å². The summed E-state index contributed by atoms with van der Waals surface area (Å²) in [4.78, 5) is 16.6. The number of piperazine rings is 1. The second-order valence-corrected chi connectivity index (χ2v) is 6.19. The summed E-state index contributed by atoms with van der Waals surface area (Å²) in [5.74, 6) is -0.271. The molecule has 108 valence electrons. The molecular weight excluding hydrogens is 322 g/mol. The molecule has 2 aromatic rings. The predicted octanol–water partition coefficient (Wildman–Crippen LogP) is 1.60. The Morgan fingerprint density at radius 2 is 1.95 bits per heavy atom. The fraction of sp³-hybridized carbons (Fsp3) is 0.500. The van der Waals surface area contributed by atoms with Gasteiger partial charge in [0.05, 0.1) is 5.52 Å². The summed E-state index contributed by atoms with van der Waals surface area (Å²) in [7, 11) is 2.14. The van der Waals surface area contributed by atoms with Crippen molar-refractivity contribution in [1.29, 1.82) is 0 Å². The summed E-state index contributed by atoms with van der Waals surface area (Å²) in [6, 6.07) is 5.65. The van der Waals surface area contributed by atoms with Crippen molar-refractivity contribution in [2.75, 3.05) is 39.8 Å². The Balaban J connectivity index is 1.75. The second kappa shape index (κ2) is 5.71. The number of oxazole rings is 1. The van der Waals surface area contributed by atoms with E-state index < -0.39 is 0 Å². The van der Waals surface area contributed by atoms with Crippen molar-refractivity contribution in [3.05, 3.63) is 33.2 Å². The van der Waals surface area contributed by atoms with Crippen LogP contribution >= 0.6 is 15.9 Å². The molecule has 2 heterocycles. The topological polar surface area (TPSA) is 41.6 Å². The lowest BCUT2D eigenvalue weighted by Gasteiger charge is -2.32. The van der Waals surface area contributed by atoms with Crippen molar-refractivity contribution in [3.63, 3.8) is 0 Å². The number of benzene rings is 1.